The summed E-state index contributed by atoms with van der Waals surface area (Å²) in [5.41, 5.74) is 4.06. The summed E-state index contributed by atoms with van der Waals surface area (Å²) in [5, 5.41) is 6.38. The van der Waals surface area contributed by atoms with Crippen LogP contribution in [0.3, 0.4) is 0 Å². The first kappa shape index (κ1) is 13.1. The van der Waals surface area contributed by atoms with E-state index in [2.05, 4.69) is 10.5 Å². The smallest absolute Gasteiger partial charge is 0.294 e. The van der Waals surface area contributed by atoms with Crippen molar-refractivity contribution < 1.29 is 14.1 Å². The first-order chi connectivity index (χ1) is 10.7. The Balaban J connectivity index is 1.69. The van der Waals surface area contributed by atoms with Gasteiger partial charge in [0.05, 0.1) is 11.9 Å². The van der Waals surface area contributed by atoms with Crippen LogP contribution >= 0.6 is 0 Å². The topological polar surface area (TPSA) is 75.4 Å². The first-order valence-corrected chi connectivity index (χ1v) is 7.40. The zero-order valence-electron chi connectivity index (χ0n) is 12.0. The molecule has 4 rings (SSSR count). The molecule has 2 aliphatic rings. The van der Waals surface area contributed by atoms with E-state index in [0.717, 1.165) is 48.3 Å². The zero-order valence-corrected chi connectivity index (χ0v) is 12.0. The molecule has 1 aromatic heterocycles. The number of nitrogens with zero attached hydrogens (tertiary/aromatic N) is 2. The van der Waals surface area contributed by atoms with Gasteiger partial charge in [-0.3, -0.25) is 9.59 Å². The van der Waals surface area contributed by atoms with Crippen LogP contribution < -0.4 is 10.2 Å². The molecule has 1 N–H and O–H groups in total. The minimum absolute atomic E-state index is 0.183. The van der Waals surface area contributed by atoms with Gasteiger partial charge in [-0.1, -0.05) is 5.16 Å². The maximum Gasteiger partial charge on any atom is 0.294 e. The Morgan fingerprint density at radius 1 is 1.23 bits per heavy atom. The largest absolute Gasteiger partial charge is 0.351 e. The fourth-order valence-corrected chi connectivity index (χ4v) is 3.25. The number of aromatic nitrogens is 1. The van der Waals surface area contributed by atoms with Crippen molar-refractivity contribution in [3.63, 3.8) is 0 Å². The van der Waals surface area contributed by atoms with Crippen LogP contribution in [0.1, 0.15) is 34.5 Å². The summed E-state index contributed by atoms with van der Waals surface area (Å²) in [6.45, 7) is 0.794. The average Bonchev–Trinajstić information content (AvgIpc) is 3.05. The van der Waals surface area contributed by atoms with Crippen molar-refractivity contribution in [2.24, 2.45) is 0 Å². The van der Waals surface area contributed by atoms with E-state index in [1.807, 2.05) is 17.0 Å². The molecule has 0 bridgehead atoms. The molecular weight excluding hydrogens is 282 g/mol. The van der Waals surface area contributed by atoms with E-state index in [1.165, 1.54) is 12.3 Å². The Hall–Kier alpha value is -2.63. The average molecular weight is 297 g/mol. The second-order valence-corrected chi connectivity index (χ2v) is 5.62. The van der Waals surface area contributed by atoms with E-state index < -0.39 is 0 Å². The SMILES string of the molecule is O=C(Nc1cc2c3c(c1)CCC(=O)N3CCC2)c1ccno1. The van der Waals surface area contributed by atoms with Crippen molar-refractivity contribution in [2.75, 3.05) is 16.8 Å². The van der Waals surface area contributed by atoms with Crippen molar-refractivity contribution in [3.8, 4) is 0 Å². The van der Waals surface area contributed by atoms with Gasteiger partial charge in [-0.15, -0.1) is 0 Å². The molecule has 0 radical (unpaired) electrons. The summed E-state index contributed by atoms with van der Waals surface area (Å²) in [6, 6.07) is 5.44. The lowest BCUT2D eigenvalue weighted by Crippen LogP contribution is -2.39. The Morgan fingerprint density at radius 2 is 2.05 bits per heavy atom. The predicted octanol–water partition coefficient (Wildman–Crippen LogP) is 2.15. The fraction of sp³-hybridized carbons (Fsp3) is 0.312. The Bertz CT molecular complexity index is 735. The van der Waals surface area contributed by atoms with E-state index in [-0.39, 0.29) is 17.6 Å². The van der Waals surface area contributed by atoms with Crippen molar-refractivity contribution in [3.05, 3.63) is 41.3 Å². The number of hydrogen-bond acceptors (Lipinski definition) is 4. The molecule has 0 spiro atoms. The van der Waals surface area contributed by atoms with Gasteiger partial charge in [-0.25, -0.2) is 0 Å². The molecule has 1 aromatic carbocycles. The lowest BCUT2D eigenvalue weighted by Gasteiger charge is -2.35. The van der Waals surface area contributed by atoms with Crippen LogP contribution in [-0.2, 0) is 17.6 Å². The summed E-state index contributed by atoms with van der Waals surface area (Å²) in [6.07, 6.45) is 4.58. The van der Waals surface area contributed by atoms with Crippen LogP contribution in [-0.4, -0.2) is 23.5 Å². The van der Waals surface area contributed by atoms with Crippen molar-refractivity contribution in [1.29, 1.82) is 0 Å². The van der Waals surface area contributed by atoms with Gasteiger partial charge in [0.15, 0.2) is 0 Å². The van der Waals surface area contributed by atoms with Crippen LogP contribution in [0.5, 0.6) is 0 Å². The maximum atomic E-state index is 12.1. The third-order valence-electron chi connectivity index (χ3n) is 4.19. The van der Waals surface area contributed by atoms with Crippen LogP contribution in [0.25, 0.3) is 0 Å². The number of nitrogens with one attached hydrogen (secondary N) is 1. The standard InChI is InChI=1S/C16H15N3O3/c20-14-4-3-11-9-12(18-16(21)13-5-6-17-22-13)8-10-2-1-7-19(14)15(10)11/h5-6,8-9H,1-4,7H2,(H,18,21). The van der Waals surface area contributed by atoms with Crippen molar-refractivity contribution in [1.82, 2.24) is 5.16 Å². The van der Waals surface area contributed by atoms with E-state index in [9.17, 15) is 9.59 Å². The van der Waals surface area contributed by atoms with E-state index >= 15 is 0 Å². The van der Waals surface area contributed by atoms with Crippen LogP contribution in [0.4, 0.5) is 11.4 Å². The molecule has 6 heteroatoms. The van der Waals surface area contributed by atoms with Gasteiger partial charge in [-0.05, 0) is 42.5 Å². The summed E-state index contributed by atoms with van der Waals surface area (Å²) in [4.78, 5) is 26.0. The first-order valence-electron chi connectivity index (χ1n) is 7.40. The van der Waals surface area contributed by atoms with Gasteiger partial charge in [-0.2, -0.15) is 0 Å². The number of aryl methyl sites for hydroxylation is 2. The van der Waals surface area contributed by atoms with Crippen molar-refractivity contribution in [2.45, 2.75) is 25.7 Å². The van der Waals surface area contributed by atoms with Crippen LogP contribution in [0.2, 0.25) is 0 Å². The minimum atomic E-state index is -0.316. The molecule has 6 nitrogen and oxygen atoms in total. The second kappa shape index (κ2) is 4.98. The highest BCUT2D eigenvalue weighted by Gasteiger charge is 2.29. The Labute approximate surface area is 127 Å². The molecule has 22 heavy (non-hydrogen) atoms. The van der Waals surface area contributed by atoms with E-state index in [0.29, 0.717) is 6.42 Å². The van der Waals surface area contributed by atoms with Crippen molar-refractivity contribution >= 4 is 23.2 Å². The van der Waals surface area contributed by atoms with Crippen LogP contribution in [0, 0.1) is 0 Å². The molecule has 3 heterocycles. The number of carbonyl (C=O) groups excluding carboxylic acids is 2. The summed E-state index contributed by atoms with van der Waals surface area (Å²) >= 11 is 0. The molecule has 0 fully saturated rings. The zero-order chi connectivity index (χ0) is 15.1. The van der Waals surface area contributed by atoms with Gasteiger partial charge < -0.3 is 14.7 Å². The lowest BCUT2D eigenvalue weighted by molar-refractivity contribution is -0.119. The molecular formula is C16H15N3O3. The number of carbonyl (C=O) groups is 2. The van der Waals surface area contributed by atoms with E-state index in [4.69, 9.17) is 4.52 Å². The molecule has 0 aliphatic carbocycles. The highest BCUT2D eigenvalue weighted by atomic mass is 16.5. The molecule has 0 saturated carbocycles. The summed E-state index contributed by atoms with van der Waals surface area (Å²) < 4.78 is 4.86. The monoisotopic (exact) mass is 297 g/mol. The third-order valence-corrected chi connectivity index (χ3v) is 4.19. The molecule has 0 atom stereocenters. The summed E-state index contributed by atoms with van der Waals surface area (Å²) in [7, 11) is 0. The predicted molar refractivity (Wildman–Crippen MR) is 79.9 cm³/mol. The molecule has 2 aromatic rings. The number of benzene rings is 1. The lowest BCUT2D eigenvalue weighted by atomic mass is 9.91. The molecule has 112 valence electrons. The molecule has 2 aliphatic heterocycles. The van der Waals surface area contributed by atoms with Gasteiger partial charge >= 0.3 is 0 Å². The second-order valence-electron chi connectivity index (χ2n) is 5.62. The van der Waals surface area contributed by atoms with Gasteiger partial charge in [0.25, 0.3) is 5.91 Å². The Morgan fingerprint density at radius 3 is 2.82 bits per heavy atom. The number of amides is 2. The molecule has 0 unspecified atom stereocenters. The third kappa shape index (κ3) is 2.07. The minimum Gasteiger partial charge on any atom is -0.351 e. The number of hydrogen-bond donors (Lipinski definition) is 1. The highest BCUT2D eigenvalue weighted by molar-refractivity contribution is 6.03. The maximum absolute atomic E-state index is 12.1. The van der Waals surface area contributed by atoms with Crippen LogP contribution in [0.15, 0.2) is 28.9 Å². The highest BCUT2D eigenvalue weighted by Crippen LogP contribution is 2.37. The van der Waals surface area contributed by atoms with E-state index in [1.54, 1.807) is 0 Å². The number of rotatable bonds is 2. The molecule has 2 amide bonds. The van der Waals surface area contributed by atoms with Gasteiger partial charge in [0.1, 0.15) is 0 Å². The number of anilines is 2. The van der Waals surface area contributed by atoms with Gasteiger partial charge in [0, 0.05) is 24.7 Å². The quantitative estimate of drug-likeness (QED) is 0.921. The Kier molecular flexibility index (Phi) is 2.96. The summed E-state index contributed by atoms with van der Waals surface area (Å²) in [5.74, 6) is 0.0688. The molecule has 0 saturated heterocycles. The fourth-order valence-electron chi connectivity index (χ4n) is 3.25. The van der Waals surface area contributed by atoms with Gasteiger partial charge in [0.2, 0.25) is 11.7 Å². The normalized spacial score (nSPS) is 16.4.